The number of para-hydroxylation sites is 1. The summed E-state index contributed by atoms with van der Waals surface area (Å²) in [6.45, 7) is 7.06. The second-order valence-electron chi connectivity index (χ2n) is 6.34. The molecule has 2 unspecified atom stereocenters. The maximum absolute atomic E-state index is 10.2. The summed E-state index contributed by atoms with van der Waals surface area (Å²) >= 11 is 5.90. The number of rotatable bonds is 8. The monoisotopic (exact) mass is 347 g/mol. The Morgan fingerprint density at radius 2 is 1.71 bits per heavy atom. The van der Waals surface area contributed by atoms with Gasteiger partial charge in [0, 0.05) is 17.6 Å². The summed E-state index contributed by atoms with van der Waals surface area (Å²) in [6, 6.07) is 15.8. The van der Waals surface area contributed by atoms with E-state index in [1.165, 1.54) is 0 Å². The Hall–Kier alpha value is -1.55. The minimum Gasteiger partial charge on any atom is -0.491 e. The van der Waals surface area contributed by atoms with Crippen LogP contribution in [0.25, 0.3) is 0 Å². The smallest absolute Gasteiger partial charge is 0.122 e. The average molecular weight is 348 g/mol. The number of nitrogens with one attached hydrogen (secondary N) is 1. The maximum atomic E-state index is 10.2. The zero-order valence-electron chi connectivity index (χ0n) is 14.5. The lowest BCUT2D eigenvalue weighted by Gasteiger charge is -2.19. The molecule has 2 N–H and O–H groups in total. The van der Waals surface area contributed by atoms with E-state index in [1.54, 1.807) is 0 Å². The van der Waals surface area contributed by atoms with Crippen molar-refractivity contribution in [3.8, 4) is 5.75 Å². The van der Waals surface area contributed by atoms with Gasteiger partial charge in [0.2, 0.25) is 0 Å². The first-order chi connectivity index (χ1) is 11.5. The minimum absolute atomic E-state index is 0.139. The van der Waals surface area contributed by atoms with Gasteiger partial charge in [-0.05, 0) is 42.2 Å². The Balaban J connectivity index is 1.81. The van der Waals surface area contributed by atoms with Crippen LogP contribution in [0.1, 0.15) is 43.9 Å². The molecule has 0 spiro atoms. The van der Waals surface area contributed by atoms with Gasteiger partial charge in [0.05, 0.1) is 0 Å². The van der Waals surface area contributed by atoms with Gasteiger partial charge in [-0.3, -0.25) is 0 Å². The van der Waals surface area contributed by atoms with E-state index in [0.29, 0.717) is 12.5 Å². The van der Waals surface area contributed by atoms with Crippen LogP contribution < -0.4 is 10.1 Å². The number of halogens is 1. The van der Waals surface area contributed by atoms with Gasteiger partial charge in [-0.2, -0.15) is 0 Å². The van der Waals surface area contributed by atoms with Crippen LogP contribution in [0.2, 0.25) is 5.02 Å². The van der Waals surface area contributed by atoms with Gasteiger partial charge < -0.3 is 15.2 Å². The van der Waals surface area contributed by atoms with Gasteiger partial charge in [-0.25, -0.2) is 0 Å². The molecule has 4 heteroatoms. The van der Waals surface area contributed by atoms with Gasteiger partial charge >= 0.3 is 0 Å². The average Bonchev–Trinajstić information content (AvgIpc) is 2.58. The quantitative estimate of drug-likeness (QED) is 0.735. The standard InChI is InChI=1S/C20H26ClNO2/c1-14(2)19-6-4-5-7-20(19)24-13-18(23)12-22-15(3)16-8-10-17(21)11-9-16/h4-11,14-15,18,22-23H,12-13H2,1-3H3. The van der Waals surface area contributed by atoms with Crippen molar-refractivity contribution in [2.24, 2.45) is 0 Å². The highest BCUT2D eigenvalue weighted by molar-refractivity contribution is 6.30. The van der Waals surface area contributed by atoms with E-state index in [9.17, 15) is 5.11 Å². The largest absolute Gasteiger partial charge is 0.491 e. The molecule has 0 radical (unpaired) electrons. The molecule has 2 aromatic rings. The Morgan fingerprint density at radius 1 is 1.04 bits per heavy atom. The van der Waals surface area contributed by atoms with E-state index < -0.39 is 6.10 Å². The molecule has 0 heterocycles. The van der Waals surface area contributed by atoms with E-state index in [4.69, 9.17) is 16.3 Å². The molecule has 0 aliphatic carbocycles. The molecule has 0 aliphatic heterocycles. The zero-order chi connectivity index (χ0) is 17.5. The van der Waals surface area contributed by atoms with Crippen molar-refractivity contribution >= 4 is 11.6 Å². The molecule has 3 nitrogen and oxygen atoms in total. The van der Waals surface area contributed by atoms with Crippen molar-refractivity contribution in [2.45, 2.75) is 38.8 Å². The third-order valence-electron chi connectivity index (χ3n) is 4.00. The molecule has 0 bridgehead atoms. The SMILES string of the molecule is CC(C)c1ccccc1OCC(O)CNC(C)c1ccc(Cl)cc1. The Morgan fingerprint density at radius 3 is 2.38 bits per heavy atom. The normalized spacial score (nSPS) is 13.8. The third kappa shape index (κ3) is 5.52. The number of ether oxygens (including phenoxy) is 1. The predicted octanol–water partition coefficient (Wildman–Crippen LogP) is 4.55. The van der Waals surface area contributed by atoms with Crippen molar-refractivity contribution in [1.82, 2.24) is 5.32 Å². The van der Waals surface area contributed by atoms with E-state index in [2.05, 4.69) is 32.2 Å². The highest BCUT2D eigenvalue weighted by Gasteiger charge is 2.12. The van der Waals surface area contributed by atoms with Crippen LogP contribution in [-0.4, -0.2) is 24.4 Å². The maximum Gasteiger partial charge on any atom is 0.122 e. The molecule has 2 atom stereocenters. The summed E-state index contributed by atoms with van der Waals surface area (Å²) in [7, 11) is 0. The van der Waals surface area contributed by atoms with Gasteiger partial charge in [0.15, 0.2) is 0 Å². The van der Waals surface area contributed by atoms with Gasteiger partial charge in [-0.15, -0.1) is 0 Å². The van der Waals surface area contributed by atoms with E-state index >= 15 is 0 Å². The fourth-order valence-corrected chi connectivity index (χ4v) is 2.64. The Bertz CT molecular complexity index is 628. The lowest BCUT2D eigenvalue weighted by atomic mass is 10.0. The summed E-state index contributed by atoms with van der Waals surface area (Å²) in [5.41, 5.74) is 2.30. The molecule has 2 rings (SSSR count). The van der Waals surface area contributed by atoms with Crippen LogP contribution in [0.15, 0.2) is 48.5 Å². The van der Waals surface area contributed by atoms with Crippen LogP contribution in [0.4, 0.5) is 0 Å². The first-order valence-electron chi connectivity index (χ1n) is 8.36. The van der Waals surface area contributed by atoms with E-state index in [-0.39, 0.29) is 12.6 Å². The molecule has 0 aliphatic rings. The van der Waals surface area contributed by atoms with Crippen molar-refractivity contribution in [2.75, 3.05) is 13.2 Å². The molecule has 130 valence electrons. The molecule has 0 fully saturated rings. The fourth-order valence-electron chi connectivity index (χ4n) is 2.52. The Kier molecular flexibility index (Phi) is 7.10. The molecule has 2 aromatic carbocycles. The summed E-state index contributed by atoms with van der Waals surface area (Å²) in [5.74, 6) is 1.23. The van der Waals surface area contributed by atoms with Crippen LogP contribution >= 0.6 is 11.6 Å². The number of aliphatic hydroxyl groups excluding tert-OH is 1. The second kappa shape index (κ2) is 9.07. The number of aliphatic hydroxyl groups is 1. The molecule has 24 heavy (non-hydrogen) atoms. The molecular formula is C20H26ClNO2. The van der Waals surface area contributed by atoms with Crippen LogP contribution in [0.5, 0.6) is 5.75 Å². The predicted molar refractivity (Wildman–Crippen MR) is 99.9 cm³/mol. The summed E-state index contributed by atoms with van der Waals surface area (Å²) in [5, 5.41) is 14.2. The molecular weight excluding hydrogens is 322 g/mol. The van der Waals surface area contributed by atoms with Crippen LogP contribution in [-0.2, 0) is 0 Å². The van der Waals surface area contributed by atoms with Gasteiger partial charge in [0.25, 0.3) is 0 Å². The van der Waals surface area contributed by atoms with Crippen LogP contribution in [0.3, 0.4) is 0 Å². The topological polar surface area (TPSA) is 41.5 Å². The van der Waals surface area contributed by atoms with Crippen molar-refractivity contribution in [1.29, 1.82) is 0 Å². The lowest BCUT2D eigenvalue weighted by molar-refractivity contribution is 0.103. The van der Waals surface area contributed by atoms with E-state index in [0.717, 1.165) is 21.9 Å². The minimum atomic E-state index is -0.569. The van der Waals surface area contributed by atoms with Crippen molar-refractivity contribution in [3.05, 3.63) is 64.7 Å². The number of hydrogen-bond acceptors (Lipinski definition) is 3. The third-order valence-corrected chi connectivity index (χ3v) is 4.25. The highest BCUT2D eigenvalue weighted by Crippen LogP contribution is 2.25. The molecule has 0 saturated carbocycles. The van der Waals surface area contributed by atoms with Gasteiger partial charge in [-0.1, -0.05) is 55.8 Å². The molecule has 0 aromatic heterocycles. The number of hydrogen-bond donors (Lipinski definition) is 2. The molecule has 0 amide bonds. The lowest BCUT2D eigenvalue weighted by Crippen LogP contribution is -2.33. The fraction of sp³-hybridized carbons (Fsp3) is 0.400. The first-order valence-corrected chi connectivity index (χ1v) is 8.73. The summed E-state index contributed by atoms with van der Waals surface area (Å²) in [6.07, 6.45) is -0.569. The van der Waals surface area contributed by atoms with E-state index in [1.807, 2.05) is 42.5 Å². The van der Waals surface area contributed by atoms with Crippen molar-refractivity contribution in [3.63, 3.8) is 0 Å². The molecule has 0 saturated heterocycles. The zero-order valence-corrected chi connectivity index (χ0v) is 15.3. The van der Waals surface area contributed by atoms with Gasteiger partial charge in [0.1, 0.15) is 18.5 Å². The van der Waals surface area contributed by atoms with Crippen molar-refractivity contribution < 1.29 is 9.84 Å². The highest BCUT2D eigenvalue weighted by atomic mass is 35.5. The summed E-state index contributed by atoms with van der Waals surface area (Å²) < 4.78 is 5.81. The van der Waals surface area contributed by atoms with Crippen LogP contribution in [0, 0.1) is 0 Å². The Labute approximate surface area is 149 Å². The number of benzene rings is 2. The second-order valence-corrected chi connectivity index (χ2v) is 6.78. The summed E-state index contributed by atoms with van der Waals surface area (Å²) in [4.78, 5) is 0. The first kappa shape index (κ1) is 18.8.